The molecular formula is C15H19NO3. The average molecular weight is 261 g/mol. The molecule has 0 atom stereocenters. The zero-order chi connectivity index (χ0) is 13.7. The lowest BCUT2D eigenvalue weighted by atomic mass is 10.2. The first-order valence-electron chi connectivity index (χ1n) is 6.62. The Morgan fingerprint density at radius 2 is 2.00 bits per heavy atom. The van der Waals surface area contributed by atoms with Gasteiger partial charge in [0.25, 0.3) is 0 Å². The van der Waals surface area contributed by atoms with E-state index in [1.807, 2.05) is 24.3 Å². The standard InChI is InChI=1S/C15H19NO3/c1-3-16(4-2)9-10-18-15(17)14-11-12-7-5-6-8-13(12)19-14/h5-8,11H,3-4,9-10H2,1-2H3. The van der Waals surface area contributed by atoms with Crippen LogP contribution in [-0.4, -0.2) is 37.1 Å². The molecule has 0 bridgehead atoms. The molecule has 2 rings (SSSR count). The van der Waals surface area contributed by atoms with E-state index >= 15 is 0 Å². The van der Waals surface area contributed by atoms with E-state index in [1.165, 1.54) is 0 Å². The number of benzene rings is 1. The van der Waals surface area contributed by atoms with Crippen LogP contribution < -0.4 is 0 Å². The summed E-state index contributed by atoms with van der Waals surface area (Å²) in [6.07, 6.45) is 0. The van der Waals surface area contributed by atoms with Crippen molar-refractivity contribution in [2.45, 2.75) is 13.8 Å². The van der Waals surface area contributed by atoms with E-state index in [9.17, 15) is 4.79 Å². The summed E-state index contributed by atoms with van der Waals surface area (Å²) < 4.78 is 10.7. The minimum atomic E-state index is -0.400. The molecule has 0 aliphatic carbocycles. The number of para-hydroxylation sites is 1. The van der Waals surface area contributed by atoms with Crippen molar-refractivity contribution in [2.75, 3.05) is 26.2 Å². The fourth-order valence-electron chi connectivity index (χ4n) is 1.96. The highest BCUT2D eigenvalue weighted by Crippen LogP contribution is 2.19. The number of likely N-dealkylation sites (N-methyl/N-ethyl adjacent to an activating group) is 1. The number of rotatable bonds is 6. The number of hydrogen-bond donors (Lipinski definition) is 0. The number of nitrogens with zero attached hydrogens (tertiary/aromatic N) is 1. The highest BCUT2D eigenvalue weighted by atomic mass is 16.5. The van der Waals surface area contributed by atoms with Gasteiger partial charge in [0.15, 0.2) is 0 Å². The first-order valence-corrected chi connectivity index (χ1v) is 6.62. The Labute approximate surface area is 112 Å². The van der Waals surface area contributed by atoms with Gasteiger partial charge in [-0.05, 0) is 25.2 Å². The second kappa shape index (κ2) is 6.38. The Morgan fingerprint density at radius 1 is 1.26 bits per heavy atom. The second-order valence-corrected chi connectivity index (χ2v) is 4.31. The minimum Gasteiger partial charge on any atom is -0.458 e. The van der Waals surface area contributed by atoms with Crippen LogP contribution in [0, 0.1) is 0 Å². The van der Waals surface area contributed by atoms with Gasteiger partial charge in [0, 0.05) is 11.9 Å². The predicted molar refractivity (Wildman–Crippen MR) is 74.3 cm³/mol. The summed E-state index contributed by atoms with van der Waals surface area (Å²) >= 11 is 0. The van der Waals surface area contributed by atoms with E-state index in [0.717, 1.165) is 25.0 Å². The summed E-state index contributed by atoms with van der Waals surface area (Å²) in [6.45, 7) is 7.23. The van der Waals surface area contributed by atoms with Gasteiger partial charge in [0.1, 0.15) is 12.2 Å². The number of esters is 1. The van der Waals surface area contributed by atoms with Crippen LogP contribution in [0.15, 0.2) is 34.7 Å². The summed E-state index contributed by atoms with van der Waals surface area (Å²) in [4.78, 5) is 14.0. The summed E-state index contributed by atoms with van der Waals surface area (Å²) in [5, 5.41) is 0.915. The van der Waals surface area contributed by atoms with Crippen molar-refractivity contribution in [3.63, 3.8) is 0 Å². The third-order valence-electron chi connectivity index (χ3n) is 3.16. The fourth-order valence-corrected chi connectivity index (χ4v) is 1.96. The van der Waals surface area contributed by atoms with E-state index < -0.39 is 5.97 Å². The Hall–Kier alpha value is -1.81. The number of ether oxygens (including phenoxy) is 1. The lowest BCUT2D eigenvalue weighted by Gasteiger charge is -2.17. The van der Waals surface area contributed by atoms with Gasteiger partial charge < -0.3 is 14.1 Å². The number of carbonyl (C=O) groups is 1. The molecule has 2 aromatic rings. The number of furan rings is 1. The summed E-state index contributed by atoms with van der Waals surface area (Å²) in [5.41, 5.74) is 0.707. The number of hydrogen-bond acceptors (Lipinski definition) is 4. The van der Waals surface area contributed by atoms with Crippen LogP contribution in [0.25, 0.3) is 11.0 Å². The molecule has 0 fully saturated rings. The topological polar surface area (TPSA) is 42.7 Å². The molecule has 1 aromatic carbocycles. The molecule has 4 nitrogen and oxygen atoms in total. The summed E-state index contributed by atoms with van der Waals surface area (Å²) in [5.74, 6) is -0.135. The van der Waals surface area contributed by atoms with Crippen LogP contribution in [-0.2, 0) is 4.74 Å². The third kappa shape index (κ3) is 3.35. The molecule has 0 saturated heterocycles. The van der Waals surface area contributed by atoms with Crippen LogP contribution in [0.5, 0.6) is 0 Å². The molecule has 0 aliphatic heterocycles. The van der Waals surface area contributed by atoms with Gasteiger partial charge in [-0.15, -0.1) is 0 Å². The Balaban J connectivity index is 1.92. The van der Waals surface area contributed by atoms with Crippen molar-refractivity contribution in [2.24, 2.45) is 0 Å². The highest BCUT2D eigenvalue weighted by Gasteiger charge is 2.13. The molecule has 0 aliphatic rings. The zero-order valence-corrected chi connectivity index (χ0v) is 11.4. The lowest BCUT2D eigenvalue weighted by Crippen LogP contribution is -2.27. The maximum Gasteiger partial charge on any atom is 0.374 e. The van der Waals surface area contributed by atoms with Gasteiger partial charge in [-0.3, -0.25) is 0 Å². The molecular weight excluding hydrogens is 242 g/mol. The van der Waals surface area contributed by atoms with Gasteiger partial charge in [-0.2, -0.15) is 0 Å². The predicted octanol–water partition coefficient (Wildman–Crippen LogP) is 2.93. The van der Waals surface area contributed by atoms with E-state index in [2.05, 4.69) is 18.7 Å². The first-order chi connectivity index (χ1) is 9.24. The van der Waals surface area contributed by atoms with E-state index in [0.29, 0.717) is 12.2 Å². The third-order valence-corrected chi connectivity index (χ3v) is 3.16. The lowest BCUT2D eigenvalue weighted by molar-refractivity contribution is 0.0433. The van der Waals surface area contributed by atoms with Crippen molar-refractivity contribution < 1.29 is 13.9 Å². The average Bonchev–Trinajstić information content (AvgIpc) is 2.87. The maximum absolute atomic E-state index is 11.8. The van der Waals surface area contributed by atoms with Gasteiger partial charge >= 0.3 is 5.97 Å². The SMILES string of the molecule is CCN(CC)CCOC(=O)c1cc2ccccc2o1. The molecule has 0 N–H and O–H groups in total. The van der Waals surface area contributed by atoms with Gasteiger partial charge in [0.05, 0.1) is 0 Å². The molecule has 0 radical (unpaired) electrons. The normalized spacial score (nSPS) is 11.1. The molecule has 1 heterocycles. The van der Waals surface area contributed by atoms with Gasteiger partial charge in [-0.1, -0.05) is 32.0 Å². The monoisotopic (exact) mass is 261 g/mol. The maximum atomic E-state index is 11.8. The molecule has 4 heteroatoms. The zero-order valence-electron chi connectivity index (χ0n) is 11.4. The minimum absolute atomic E-state index is 0.265. The van der Waals surface area contributed by atoms with Crippen molar-refractivity contribution in [3.05, 3.63) is 36.1 Å². The van der Waals surface area contributed by atoms with Crippen LogP contribution in [0.1, 0.15) is 24.4 Å². The molecule has 1 aromatic heterocycles. The fraction of sp³-hybridized carbons (Fsp3) is 0.400. The molecule has 0 spiro atoms. The highest BCUT2D eigenvalue weighted by molar-refractivity contribution is 5.92. The number of carbonyl (C=O) groups excluding carboxylic acids is 1. The van der Waals surface area contributed by atoms with Crippen LogP contribution in [0.3, 0.4) is 0 Å². The summed E-state index contributed by atoms with van der Waals surface area (Å²) in [7, 11) is 0. The first kappa shape index (κ1) is 13.6. The van der Waals surface area contributed by atoms with Crippen molar-refractivity contribution in [1.82, 2.24) is 4.90 Å². The largest absolute Gasteiger partial charge is 0.458 e. The summed E-state index contributed by atoms with van der Waals surface area (Å²) in [6, 6.07) is 9.25. The quantitative estimate of drug-likeness (QED) is 0.750. The smallest absolute Gasteiger partial charge is 0.374 e. The van der Waals surface area contributed by atoms with E-state index in [-0.39, 0.29) is 5.76 Å². The molecule has 19 heavy (non-hydrogen) atoms. The van der Waals surface area contributed by atoms with Crippen LogP contribution >= 0.6 is 0 Å². The van der Waals surface area contributed by atoms with E-state index in [4.69, 9.17) is 9.15 Å². The van der Waals surface area contributed by atoms with Crippen molar-refractivity contribution in [1.29, 1.82) is 0 Å². The van der Waals surface area contributed by atoms with Crippen molar-refractivity contribution in [3.8, 4) is 0 Å². The van der Waals surface area contributed by atoms with Gasteiger partial charge in [-0.25, -0.2) is 4.79 Å². The van der Waals surface area contributed by atoms with Gasteiger partial charge in [0.2, 0.25) is 5.76 Å². The Bertz CT molecular complexity index is 510. The Kier molecular flexibility index (Phi) is 4.58. The molecule has 0 saturated carbocycles. The van der Waals surface area contributed by atoms with Crippen molar-refractivity contribution >= 4 is 16.9 Å². The second-order valence-electron chi connectivity index (χ2n) is 4.31. The Morgan fingerprint density at radius 3 is 2.68 bits per heavy atom. The molecule has 0 unspecified atom stereocenters. The van der Waals surface area contributed by atoms with Crippen LogP contribution in [0.2, 0.25) is 0 Å². The molecule has 0 amide bonds. The van der Waals surface area contributed by atoms with E-state index in [1.54, 1.807) is 6.07 Å². The molecule has 102 valence electrons. The van der Waals surface area contributed by atoms with Crippen LogP contribution in [0.4, 0.5) is 0 Å². The number of fused-ring (bicyclic) bond motifs is 1.